The zero-order chi connectivity index (χ0) is 8.84. The van der Waals surface area contributed by atoms with E-state index in [0.29, 0.717) is 6.42 Å². The van der Waals surface area contributed by atoms with Crippen molar-refractivity contribution in [2.45, 2.75) is 6.42 Å². The Bertz CT molecular complexity index is 512. The van der Waals surface area contributed by atoms with Crippen molar-refractivity contribution in [2.24, 2.45) is 0 Å². The molecule has 0 aliphatic heterocycles. The number of hydrogen-bond acceptors (Lipinski definition) is 1. The first kappa shape index (κ1) is 6.84. The first-order chi connectivity index (χ1) is 6.36. The van der Waals surface area contributed by atoms with E-state index < -0.39 is 0 Å². The van der Waals surface area contributed by atoms with Crippen molar-refractivity contribution in [2.75, 3.05) is 0 Å². The summed E-state index contributed by atoms with van der Waals surface area (Å²) in [6.07, 6.45) is 0.622. The Morgan fingerprint density at radius 1 is 1.00 bits per heavy atom. The maximum Gasteiger partial charge on any atom is 0.167 e. The van der Waals surface area contributed by atoms with Crippen LogP contribution in [0.1, 0.15) is 15.9 Å². The normalized spacial score (nSPS) is 14.0. The minimum absolute atomic E-state index is 0.278. The van der Waals surface area contributed by atoms with E-state index in [2.05, 4.69) is 12.1 Å². The van der Waals surface area contributed by atoms with E-state index in [0.717, 1.165) is 5.56 Å². The van der Waals surface area contributed by atoms with Gasteiger partial charge in [0.25, 0.3) is 0 Å². The molecule has 62 valence electrons. The number of Topliss-reactive ketones (excluding diaryl/α,β-unsaturated/α-hetero) is 1. The Hall–Kier alpha value is -1.63. The zero-order valence-corrected chi connectivity index (χ0v) is 7.08. The number of carbonyl (C=O) groups is 1. The molecular weight excluding hydrogens is 160 g/mol. The van der Waals surface area contributed by atoms with Crippen LogP contribution in [0.2, 0.25) is 0 Å². The smallest absolute Gasteiger partial charge is 0.167 e. The molecule has 0 bridgehead atoms. The van der Waals surface area contributed by atoms with Gasteiger partial charge in [0.2, 0.25) is 0 Å². The number of ketones is 1. The molecule has 0 saturated carbocycles. The van der Waals surface area contributed by atoms with Gasteiger partial charge < -0.3 is 0 Å². The van der Waals surface area contributed by atoms with E-state index in [1.165, 1.54) is 16.3 Å². The molecule has 2 aromatic carbocycles. The second kappa shape index (κ2) is 2.19. The van der Waals surface area contributed by atoms with Crippen molar-refractivity contribution in [3.8, 4) is 0 Å². The monoisotopic (exact) mass is 168 g/mol. The average molecular weight is 168 g/mol. The third kappa shape index (κ3) is 0.788. The lowest BCUT2D eigenvalue weighted by Gasteiger charge is -2.19. The zero-order valence-electron chi connectivity index (χ0n) is 7.08. The molecule has 0 saturated heterocycles. The molecule has 1 aliphatic rings. The Morgan fingerprint density at radius 2 is 1.85 bits per heavy atom. The average Bonchev–Trinajstić information content (AvgIpc) is 2.16. The maximum absolute atomic E-state index is 11.2. The molecule has 1 heteroatoms. The summed E-state index contributed by atoms with van der Waals surface area (Å²) in [5.74, 6) is 0.278. The molecule has 0 amide bonds. The minimum atomic E-state index is 0.278. The van der Waals surface area contributed by atoms with Gasteiger partial charge in [-0.1, -0.05) is 36.4 Å². The molecule has 0 N–H and O–H groups in total. The van der Waals surface area contributed by atoms with Gasteiger partial charge >= 0.3 is 0 Å². The maximum atomic E-state index is 11.2. The van der Waals surface area contributed by atoms with Crippen LogP contribution in [0.15, 0.2) is 36.4 Å². The van der Waals surface area contributed by atoms with Gasteiger partial charge in [0.05, 0.1) is 0 Å². The summed E-state index contributed by atoms with van der Waals surface area (Å²) in [5, 5.41) is 2.47. The first-order valence-electron chi connectivity index (χ1n) is 4.40. The summed E-state index contributed by atoms with van der Waals surface area (Å²) in [6, 6.07) is 12.2. The van der Waals surface area contributed by atoms with Crippen LogP contribution in [0.3, 0.4) is 0 Å². The summed E-state index contributed by atoms with van der Waals surface area (Å²) >= 11 is 0. The summed E-state index contributed by atoms with van der Waals surface area (Å²) in [6.45, 7) is 0. The quantitative estimate of drug-likeness (QED) is 0.590. The van der Waals surface area contributed by atoms with Crippen molar-refractivity contribution in [1.82, 2.24) is 0 Å². The van der Waals surface area contributed by atoms with Crippen LogP contribution in [0.25, 0.3) is 10.8 Å². The summed E-state index contributed by atoms with van der Waals surface area (Å²) in [4.78, 5) is 11.2. The Labute approximate surface area is 76.0 Å². The first-order valence-corrected chi connectivity index (χ1v) is 4.40. The highest BCUT2D eigenvalue weighted by atomic mass is 16.1. The lowest BCUT2D eigenvalue weighted by molar-refractivity contribution is 0.0969. The van der Waals surface area contributed by atoms with Crippen LogP contribution >= 0.6 is 0 Å². The minimum Gasteiger partial charge on any atom is -0.294 e. The predicted octanol–water partition coefficient (Wildman–Crippen LogP) is 2.58. The van der Waals surface area contributed by atoms with Crippen LogP contribution in [-0.4, -0.2) is 5.78 Å². The molecule has 2 aromatic rings. The van der Waals surface area contributed by atoms with Crippen molar-refractivity contribution in [3.05, 3.63) is 47.5 Å². The summed E-state index contributed by atoms with van der Waals surface area (Å²) in [5.41, 5.74) is 2.14. The molecule has 1 aliphatic carbocycles. The Balaban J connectivity index is 2.46. The number of carbonyl (C=O) groups excluding carboxylic acids is 1. The second-order valence-electron chi connectivity index (χ2n) is 3.41. The lowest BCUT2D eigenvalue weighted by atomic mass is 9.83. The highest BCUT2D eigenvalue weighted by Crippen LogP contribution is 2.30. The van der Waals surface area contributed by atoms with Crippen LogP contribution in [0.4, 0.5) is 0 Å². The van der Waals surface area contributed by atoms with Crippen LogP contribution in [-0.2, 0) is 6.42 Å². The van der Waals surface area contributed by atoms with Gasteiger partial charge in [-0.15, -0.1) is 0 Å². The van der Waals surface area contributed by atoms with Crippen molar-refractivity contribution in [3.63, 3.8) is 0 Å². The van der Waals surface area contributed by atoms with Crippen LogP contribution < -0.4 is 0 Å². The van der Waals surface area contributed by atoms with Crippen molar-refractivity contribution >= 4 is 16.6 Å². The van der Waals surface area contributed by atoms with Gasteiger partial charge in [-0.05, 0) is 16.3 Å². The molecule has 1 nitrogen and oxygen atoms in total. The van der Waals surface area contributed by atoms with E-state index in [1.807, 2.05) is 24.3 Å². The molecule has 0 aromatic heterocycles. The Kier molecular flexibility index (Phi) is 1.15. The van der Waals surface area contributed by atoms with E-state index in [9.17, 15) is 4.79 Å². The summed E-state index contributed by atoms with van der Waals surface area (Å²) < 4.78 is 0. The molecule has 3 rings (SSSR count). The SMILES string of the molecule is O=C1Cc2c1ccc1ccccc21. The van der Waals surface area contributed by atoms with Gasteiger partial charge in [-0.3, -0.25) is 4.79 Å². The standard InChI is InChI=1S/C12H8O/c13-12-7-11-9-4-2-1-3-8(9)5-6-10(11)12/h1-6H,7H2. The van der Waals surface area contributed by atoms with Crippen molar-refractivity contribution < 1.29 is 4.79 Å². The molecule has 0 atom stereocenters. The van der Waals surface area contributed by atoms with Gasteiger partial charge in [-0.25, -0.2) is 0 Å². The number of rotatable bonds is 0. The molecule has 0 heterocycles. The molecular formula is C12H8O. The topological polar surface area (TPSA) is 17.1 Å². The Morgan fingerprint density at radius 3 is 2.69 bits per heavy atom. The third-order valence-corrected chi connectivity index (χ3v) is 2.68. The van der Waals surface area contributed by atoms with E-state index in [4.69, 9.17) is 0 Å². The molecule has 0 spiro atoms. The second-order valence-corrected chi connectivity index (χ2v) is 3.41. The largest absolute Gasteiger partial charge is 0.294 e. The van der Waals surface area contributed by atoms with Gasteiger partial charge in [0.1, 0.15) is 0 Å². The fourth-order valence-corrected chi connectivity index (χ4v) is 1.94. The predicted molar refractivity (Wildman–Crippen MR) is 52.0 cm³/mol. The molecule has 13 heavy (non-hydrogen) atoms. The highest BCUT2D eigenvalue weighted by Gasteiger charge is 2.24. The highest BCUT2D eigenvalue weighted by molar-refractivity contribution is 6.12. The molecule has 0 fully saturated rings. The lowest BCUT2D eigenvalue weighted by Crippen LogP contribution is -2.18. The van der Waals surface area contributed by atoms with E-state index in [-0.39, 0.29) is 5.78 Å². The van der Waals surface area contributed by atoms with Gasteiger partial charge in [0.15, 0.2) is 5.78 Å². The number of hydrogen-bond donors (Lipinski definition) is 0. The van der Waals surface area contributed by atoms with Crippen LogP contribution in [0, 0.1) is 0 Å². The van der Waals surface area contributed by atoms with E-state index >= 15 is 0 Å². The van der Waals surface area contributed by atoms with E-state index in [1.54, 1.807) is 0 Å². The summed E-state index contributed by atoms with van der Waals surface area (Å²) in [7, 11) is 0. The number of benzene rings is 2. The fraction of sp³-hybridized carbons (Fsp3) is 0.0833. The third-order valence-electron chi connectivity index (χ3n) is 2.68. The van der Waals surface area contributed by atoms with Gasteiger partial charge in [-0.2, -0.15) is 0 Å². The fourth-order valence-electron chi connectivity index (χ4n) is 1.94. The van der Waals surface area contributed by atoms with Crippen molar-refractivity contribution in [1.29, 1.82) is 0 Å². The van der Waals surface area contributed by atoms with Gasteiger partial charge in [0, 0.05) is 12.0 Å². The van der Waals surface area contributed by atoms with Crippen LogP contribution in [0.5, 0.6) is 0 Å². The molecule has 0 radical (unpaired) electrons. The number of fused-ring (bicyclic) bond motifs is 3. The molecule has 0 unspecified atom stereocenters.